The highest BCUT2D eigenvalue weighted by Crippen LogP contribution is 2.28. The molecule has 0 radical (unpaired) electrons. The average Bonchev–Trinajstić information content (AvgIpc) is 2.35. The molecule has 3 nitrogen and oxygen atoms in total. The largest absolute Gasteiger partial charge is 0.378 e. The Balaban J connectivity index is 2.51. The van der Waals surface area contributed by atoms with E-state index in [1.165, 1.54) is 0 Å². The van der Waals surface area contributed by atoms with Gasteiger partial charge in [-0.1, -0.05) is 39.7 Å². The van der Waals surface area contributed by atoms with Gasteiger partial charge in [0.2, 0.25) is 0 Å². The zero-order valence-corrected chi connectivity index (χ0v) is 13.4. The Hall–Kier alpha value is -0.490. The molecule has 0 atom stereocenters. The molecule has 94 valence electrons. The fraction of sp³-hybridized carbons (Fsp3) is 0.167. The maximum absolute atomic E-state index is 6.08. The summed E-state index contributed by atoms with van der Waals surface area (Å²) < 4.78 is 6.73. The van der Waals surface area contributed by atoms with Crippen LogP contribution in [-0.2, 0) is 11.3 Å². The topological polar surface area (TPSA) is 35.0 Å². The van der Waals surface area contributed by atoms with Crippen LogP contribution in [0.2, 0.25) is 5.15 Å². The van der Waals surface area contributed by atoms with E-state index in [1.54, 1.807) is 7.11 Å². The smallest absolute Gasteiger partial charge is 0.161 e. The molecule has 0 aliphatic heterocycles. The van der Waals surface area contributed by atoms with E-state index in [0.717, 1.165) is 15.7 Å². The molecule has 0 bridgehead atoms. The van der Waals surface area contributed by atoms with Crippen LogP contribution < -0.4 is 0 Å². The molecule has 0 aliphatic carbocycles. The van der Waals surface area contributed by atoms with E-state index in [9.17, 15) is 0 Å². The summed E-state index contributed by atoms with van der Waals surface area (Å²) in [6.07, 6.45) is 0. The molecule has 6 heteroatoms. The Morgan fingerprint density at radius 3 is 2.72 bits per heavy atom. The van der Waals surface area contributed by atoms with Gasteiger partial charge in [0.25, 0.3) is 0 Å². The van der Waals surface area contributed by atoms with E-state index < -0.39 is 0 Å². The quantitative estimate of drug-likeness (QED) is 0.723. The second-order valence-corrected chi connectivity index (χ2v) is 5.61. The van der Waals surface area contributed by atoms with Crippen LogP contribution in [-0.4, -0.2) is 17.1 Å². The Kier molecular flexibility index (Phi) is 4.72. The summed E-state index contributed by atoms with van der Waals surface area (Å²) in [4.78, 5) is 8.70. The van der Waals surface area contributed by atoms with Gasteiger partial charge >= 0.3 is 0 Å². The van der Waals surface area contributed by atoms with Crippen LogP contribution in [0.25, 0.3) is 11.4 Å². The average molecular weight is 392 g/mol. The Labute approximate surface area is 127 Å². The van der Waals surface area contributed by atoms with Gasteiger partial charge in [-0.05, 0) is 28.1 Å². The first-order chi connectivity index (χ1) is 8.61. The van der Waals surface area contributed by atoms with Gasteiger partial charge in [-0.25, -0.2) is 9.97 Å². The Morgan fingerprint density at radius 1 is 1.28 bits per heavy atom. The number of benzene rings is 1. The minimum Gasteiger partial charge on any atom is -0.378 e. The molecule has 0 spiro atoms. The first-order valence-electron chi connectivity index (χ1n) is 5.08. The van der Waals surface area contributed by atoms with Crippen LogP contribution in [0.5, 0.6) is 0 Å². The molecule has 18 heavy (non-hydrogen) atoms. The molecule has 1 aromatic carbocycles. The maximum Gasteiger partial charge on any atom is 0.161 e. The molecule has 2 aromatic rings. The standard InChI is InChI=1S/C12H9Br2ClN2O/c1-18-6-9-10(14)11(15)17-12(16-9)7-3-2-4-8(13)5-7/h2-5H,6H2,1H3. The summed E-state index contributed by atoms with van der Waals surface area (Å²) in [7, 11) is 1.61. The van der Waals surface area contributed by atoms with Crippen molar-refractivity contribution >= 4 is 43.5 Å². The van der Waals surface area contributed by atoms with E-state index in [-0.39, 0.29) is 0 Å². The SMILES string of the molecule is COCc1nc(-c2cccc(Br)c2)nc(Cl)c1Br. The van der Waals surface area contributed by atoms with Gasteiger partial charge in [0.05, 0.1) is 16.8 Å². The highest BCUT2D eigenvalue weighted by atomic mass is 79.9. The van der Waals surface area contributed by atoms with E-state index >= 15 is 0 Å². The van der Waals surface area contributed by atoms with Crippen LogP contribution in [0.4, 0.5) is 0 Å². The van der Waals surface area contributed by atoms with Crippen molar-refractivity contribution in [2.24, 2.45) is 0 Å². The third-order valence-electron chi connectivity index (χ3n) is 2.24. The highest BCUT2D eigenvalue weighted by molar-refractivity contribution is 9.10. The summed E-state index contributed by atoms with van der Waals surface area (Å²) in [6, 6.07) is 7.74. The Bertz CT molecular complexity index is 578. The van der Waals surface area contributed by atoms with Crippen molar-refractivity contribution in [1.29, 1.82) is 0 Å². The zero-order valence-electron chi connectivity index (χ0n) is 9.45. The number of hydrogen-bond acceptors (Lipinski definition) is 3. The van der Waals surface area contributed by atoms with Crippen LogP contribution in [0.15, 0.2) is 33.2 Å². The van der Waals surface area contributed by atoms with Crippen molar-refractivity contribution in [2.45, 2.75) is 6.61 Å². The Morgan fingerprint density at radius 2 is 2.06 bits per heavy atom. The summed E-state index contributed by atoms with van der Waals surface area (Å²) >= 11 is 12.9. The van der Waals surface area contributed by atoms with Gasteiger partial charge in [-0.3, -0.25) is 0 Å². The number of ether oxygens (including phenoxy) is 1. The first kappa shape index (κ1) is 13.9. The lowest BCUT2D eigenvalue weighted by Gasteiger charge is -2.07. The number of aromatic nitrogens is 2. The van der Waals surface area contributed by atoms with Gasteiger partial charge in [-0.15, -0.1) is 0 Å². The van der Waals surface area contributed by atoms with Crippen molar-refractivity contribution in [3.8, 4) is 11.4 Å². The predicted octanol–water partition coefficient (Wildman–Crippen LogP) is 4.47. The molecule has 0 saturated heterocycles. The van der Waals surface area contributed by atoms with E-state index in [4.69, 9.17) is 16.3 Å². The minimum absolute atomic E-state index is 0.379. The van der Waals surface area contributed by atoms with Crippen LogP contribution in [0, 0.1) is 0 Å². The van der Waals surface area contributed by atoms with Crippen LogP contribution >= 0.6 is 43.5 Å². The van der Waals surface area contributed by atoms with Crippen LogP contribution in [0.3, 0.4) is 0 Å². The van der Waals surface area contributed by atoms with Gasteiger partial charge < -0.3 is 4.74 Å². The molecule has 0 fully saturated rings. The van der Waals surface area contributed by atoms with Gasteiger partial charge in [0.1, 0.15) is 5.15 Å². The molecule has 2 rings (SSSR count). The number of halogens is 3. The fourth-order valence-electron chi connectivity index (χ4n) is 1.45. The molecule has 0 saturated carbocycles. The predicted molar refractivity (Wildman–Crippen MR) is 78.6 cm³/mol. The second kappa shape index (κ2) is 6.10. The van der Waals surface area contributed by atoms with Crippen molar-refractivity contribution in [1.82, 2.24) is 9.97 Å². The number of nitrogens with zero attached hydrogens (tertiary/aromatic N) is 2. The summed E-state index contributed by atoms with van der Waals surface area (Å²) in [6.45, 7) is 0.379. The fourth-order valence-corrected chi connectivity index (χ4v) is 2.33. The summed E-state index contributed by atoms with van der Waals surface area (Å²) in [5.41, 5.74) is 1.63. The molecule has 0 unspecified atom stereocenters. The van der Waals surface area contributed by atoms with E-state index in [0.29, 0.717) is 22.1 Å². The zero-order chi connectivity index (χ0) is 13.1. The third kappa shape index (κ3) is 3.09. The molecule has 0 aliphatic rings. The maximum atomic E-state index is 6.08. The minimum atomic E-state index is 0.379. The second-order valence-electron chi connectivity index (χ2n) is 3.54. The lowest BCUT2D eigenvalue weighted by Crippen LogP contribution is -2.00. The normalized spacial score (nSPS) is 10.7. The molecule has 1 aromatic heterocycles. The van der Waals surface area contributed by atoms with Crippen LogP contribution in [0.1, 0.15) is 5.69 Å². The van der Waals surface area contributed by atoms with Gasteiger partial charge in [-0.2, -0.15) is 0 Å². The summed E-state index contributed by atoms with van der Waals surface area (Å²) in [5, 5.41) is 0.382. The number of hydrogen-bond donors (Lipinski definition) is 0. The number of rotatable bonds is 3. The van der Waals surface area contributed by atoms with E-state index in [2.05, 4.69) is 41.8 Å². The molecule has 0 N–H and O–H groups in total. The number of methoxy groups -OCH3 is 1. The van der Waals surface area contributed by atoms with Gasteiger partial charge in [0, 0.05) is 17.1 Å². The van der Waals surface area contributed by atoms with Crippen molar-refractivity contribution < 1.29 is 4.74 Å². The molecular weight excluding hydrogens is 383 g/mol. The molecular formula is C12H9Br2ClN2O. The van der Waals surface area contributed by atoms with Crippen molar-refractivity contribution in [3.05, 3.63) is 44.1 Å². The monoisotopic (exact) mass is 390 g/mol. The van der Waals surface area contributed by atoms with Crippen molar-refractivity contribution in [3.63, 3.8) is 0 Å². The highest BCUT2D eigenvalue weighted by Gasteiger charge is 2.12. The van der Waals surface area contributed by atoms with Crippen molar-refractivity contribution in [2.75, 3.05) is 7.11 Å². The third-order valence-corrected chi connectivity index (χ3v) is 4.07. The molecule has 1 heterocycles. The lowest BCUT2D eigenvalue weighted by molar-refractivity contribution is 0.181. The van der Waals surface area contributed by atoms with Gasteiger partial charge in [0.15, 0.2) is 5.82 Å². The van der Waals surface area contributed by atoms with E-state index in [1.807, 2.05) is 24.3 Å². The molecule has 0 amide bonds. The lowest BCUT2D eigenvalue weighted by atomic mass is 10.2. The summed E-state index contributed by atoms with van der Waals surface area (Å²) in [5.74, 6) is 0.580. The first-order valence-corrected chi connectivity index (χ1v) is 7.05.